The van der Waals surface area contributed by atoms with Crippen molar-refractivity contribution in [3.63, 3.8) is 0 Å². The zero-order valence-electron chi connectivity index (χ0n) is 10.3. The molecule has 3 N–H and O–H groups in total. The van der Waals surface area contributed by atoms with Gasteiger partial charge in [0.15, 0.2) is 0 Å². The van der Waals surface area contributed by atoms with Crippen LogP contribution in [0.5, 0.6) is 5.75 Å². The van der Waals surface area contributed by atoms with Crippen molar-refractivity contribution in [3.05, 3.63) is 56.5 Å². The predicted molar refractivity (Wildman–Crippen MR) is 84.0 cm³/mol. The van der Waals surface area contributed by atoms with Gasteiger partial charge in [0.05, 0.1) is 14.5 Å². The van der Waals surface area contributed by atoms with Crippen LogP contribution in [0.4, 0.5) is 5.69 Å². The first-order valence-electron chi connectivity index (χ1n) is 5.67. The second-order valence-electron chi connectivity index (χ2n) is 4.11. The predicted octanol–water partition coefficient (Wildman–Crippen LogP) is 4.07. The van der Waals surface area contributed by atoms with Crippen LogP contribution in [0.3, 0.4) is 0 Å². The van der Waals surface area contributed by atoms with E-state index in [9.17, 15) is 4.79 Å². The fourth-order valence-corrected chi connectivity index (χ4v) is 3.08. The van der Waals surface area contributed by atoms with E-state index in [-0.39, 0.29) is 5.56 Å². The molecule has 104 valence electrons. The SMILES string of the molecule is Nc1cccc(COc2c(Br)cc(C(=O)O)cc2Br)c1. The molecular formula is C14H11Br2NO3. The van der Waals surface area contributed by atoms with Crippen molar-refractivity contribution in [2.45, 2.75) is 6.61 Å². The maximum Gasteiger partial charge on any atom is 0.335 e. The van der Waals surface area contributed by atoms with Crippen molar-refractivity contribution in [1.29, 1.82) is 0 Å². The van der Waals surface area contributed by atoms with E-state index in [1.165, 1.54) is 12.1 Å². The maximum atomic E-state index is 10.9. The highest BCUT2D eigenvalue weighted by atomic mass is 79.9. The average molecular weight is 401 g/mol. The molecule has 0 saturated carbocycles. The second kappa shape index (κ2) is 6.28. The van der Waals surface area contributed by atoms with Gasteiger partial charge in [0.1, 0.15) is 12.4 Å². The Kier molecular flexibility index (Phi) is 4.67. The Bertz CT molecular complexity index is 636. The first-order chi connectivity index (χ1) is 9.47. The van der Waals surface area contributed by atoms with Gasteiger partial charge in [0, 0.05) is 5.69 Å². The third-order valence-corrected chi connectivity index (χ3v) is 3.76. The third-order valence-electron chi connectivity index (χ3n) is 2.58. The maximum absolute atomic E-state index is 10.9. The molecule has 0 atom stereocenters. The molecule has 0 amide bonds. The largest absolute Gasteiger partial charge is 0.487 e. The highest BCUT2D eigenvalue weighted by molar-refractivity contribution is 9.11. The van der Waals surface area contributed by atoms with Gasteiger partial charge in [-0.3, -0.25) is 0 Å². The number of hydrogen-bond acceptors (Lipinski definition) is 3. The normalized spacial score (nSPS) is 10.3. The number of aromatic carboxylic acids is 1. The number of carboxylic acid groups (broad SMARTS) is 1. The molecule has 0 heterocycles. The minimum Gasteiger partial charge on any atom is -0.487 e. The molecule has 0 saturated heterocycles. The van der Waals surface area contributed by atoms with Crippen LogP contribution in [0.15, 0.2) is 45.3 Å². The van der Waals surface area contributed by atoms with Crippen LogP contribution in [0.1, 0.15) is 15.9 Å². The van der Waals surface area contributed by atoms with Gasteiger partial charge >= 0.3 is 5.97 Å². The standard InChI is InChI=1S/C14H11Br2NO3/c15-11-5-9(14(18)19)6-12(16)13(11)20-7-8-2-1-3-10(17)4-8/h1-6H,7,17H2,(H,18,19). The fourth-order valence-electron chi connectivity index (χ4n) is 1.66. The van der Waals surface area contributed by atoms with E-state index < -0.39 is 5.97 Å². The van der Waals surface area contributed by atoms with Gasteiger partial charge in [0.25, 0.3) is 0 Å². The Morgan fingerprint density at radius 1 is 1.20 bits per heavy atom. The van der Waals surface area contributed by atoms with E-state index in [4.69, 9.17) is 15.6 Å². The van der Waals surface area contributed by atoms with Crippen LogP contribution in [0, 0.1) is 0 Å². The van der Waals surface area contributed by atoms with Gasteiger partial charge in [-0.2, -0.15) is 0 Å². The van der Waals surface area contributed by atoms with E-state index in [1.54, 1.807) is 6.07 Å². The number of ether oxygens (including phenoxy) is 1. The minimum absolute atomic E-state index is 0.181. The number of nitrogens with two attached hydrogens (primary N) is 1. The molecule has 0 bridgehead atoms. The molecule has 0 aliphatic rings. The molecule has 6 heteroatoms. The van der Waals surface area contributed by atoms with Gasteiger partial charge in [0.2, 0.25) is 0 Å². The lowest BCUT2D eigenvalue weighted by Gasteiger charge is -2.11. The smallest absolute Gasteiger partial charge is 0.335 e. The summed E-state index contributed by atoms with van der Waals surface area (Å²) in [6.45, 7) is 0.342. The quantitative estimate of drug-likeness (QED) is 0.758. The van der Waals surface area contributed by atoms with E-state index in [2.05, 4.69) is 31.9 Å². The van der Waals surface area contributed by atoms with Gasteiger partial charge in [-0.15, -0.1) is 0 Å². The van der Waals surface area contributed by atoms with Crippen molar-refractivity contribution in [1.82, 2.24) is 0 Å². The van der Waals surface area contributed by atoms with Crippen molar-refractivity contribution in [3.8, 4) is 5.75 Å². The molecule has 0 aromatic heterocycles. The minimum atomic E-state index is -0.992. The average Bonchev–Trinajstić information content (AvgIpc) is 2.37. The zero-order valence-corrected chi connectivity index (χ0v) is 13.4. The summed E-state index contributed by atoms with van der Waals surface area (Å²) in [4.78, 5) is 10.9. The summed E-state index contributed by atoms with van der Waals surface area (Å²) in [5, 5.41) is 8.97. The summed E-state index contributed by atoms with van der Waals surface area (Å²) in [6, 6.07) is 10.4. The highest BCUT2D eigenvalue weighted by Gasteiger charge is 2.12. The molecule has 0 fully saturated rings. The Balaban J connectivity index is 2.20. The summed E-state index contributed by atoms with van der Waals surface area (Å²) in [6.07, 6.45) is 0. The number of nitrogen functional groups attached to an aromatic ring is 1. The van der Waals surface area contributed by atoms with Crippen molar-refractivity contribution < 1.29 is 14.6 Å². The Morgan fingerprint density at radius 3 is 2.40 bits per heavy atom. The topological polar surface area (TPSA) is 72.5 Å². The molecular weight excluding hydrogens is 390 g/mol. The Labute approximate surface area is 132 Å². The zero-order chi connectivity index (χ0) is 14.7. The summed E-state index contributed by atoms with van der Waals surface area (Å²) < 4.78 is 6.86. The van der Waals surface area contributed by atoms with E-state index in [0.717, 1.165) is 5.56 Å². The first kappa shape index (κ1) is 14.9. The third kappa shape index (κ3) is 3.52. The van der Waals surface area contributed by atoms with Gasteiger partial charge < -0.3 is 15.6 Å². The second-order valence-corrected chi connectivity index (χ2v) is 5.82. The van der Waals surface area contributed by atoms with Crippen LogP contribution in [0.25, 0.3) is 0 Å². The number of halogens is 2. The number of hydrogen-bond donors (Lipinski definition) is 2. The van der Waals surface area contributed by atoms with E-state index in [0.29, 0.717) is 27.0 Å². The van der Waals surface area contributed by atoms with Crippen molar-refractivity contribution in [2.24, 2.45) is 0 Å². The molecule has 0 aliphatic heterocycles. The molecule has 0 aliphatic carbocycles. The monoisotopic (exact) mass is 399 g/mol. The van der Waals surface area contributed by atoms with E-state index >= 15 is 0 Å². The van der Waals surface area contributed by atoms with Crippen molar-refractivity contribution >= 4 is 43.5 Å². The molecule has 20 heavy (non-hydrogen) atoms. The lowest BCUT2D eigenvalue weighted by molar-refractivity contribution is 0.0696. The fraction of sp³-hybridized carbons (Fsp3) is 0.0714. The van der Waals surface area contributed by atoms with Crippen LogP contribution < -0.4 is 10.5 Å². The molecule has 2 aromatic carbocycles. The molecule has 0 spiro atoms. The lowest BCUT2D eigenvalue weighted by atomic mass is 10.2. The summed E-state index contributed by atoms with van der Waals surface area (Å²) in [7, 11) is 0. The Morgan fingerprint density at radius 2 is 1.85 bits per heavy atom. The molecule has 2 rings (SSSR count). The van der Waals surface area contributed by atoms with E-state index in [1.807, 2.05) is 18.2 Å². The summed E-state index contributed by atoms with van der Waals surface area (Å²) in [5.41, 5.74) is 7.49. The van der Waals surface area contributed by atoms with Gasteiger partial charge in [-0.1, -0.05) is 12.1 Å². The van der Waals surface area contributed by atoms with Crippen LogP contribution >= 0.6 is 31.9 Å². The molecule has 4 nitrogen and oxygen atoms in total. The summed E-state index contributed by atoms with van der Waals surface area (Å²) >= 11 is 6.62. The van der Waals surface area contributed by atoms with Crippen molar-refractivity contribution in [2.75, 3.05) is 5.73 Å². The lowest BCUT2D eigenvalue weighted by Crippen LogP contribution is -2.01. The van der Waals surface area contributed by atoms with Crippen LogP contribution in [0.2, 0.25) is 0 Å². The number of benzene rings is 2. The van der Waals surface area contributed by atoms with Gasteiger partial charge in [-0.05, 0) is 61.7 Å². The molecule has 0 unspecified atom stereocenters. The number of rotatable bonds is 4. The Hall–Kier alpha value is -1.53. The first-order valence-corrected chi connectivity index (χ1v) is 7.25. The van der Waals surface area contributed by atoms with Crippen LogP contribution in [-0.2, 0) is 6.61 Å². The number of anilines is 1. The number of carboxylic acids is 1. The number of carbonyl (C=O) groups is 1. The molecule has 0 radical (unpaired) electrons. The summed E-state index contributed by atoms with van der Waals surface area (Å²) in [5.74, 6) is -0.439. The van der Waals surface area contributed by atoms with Gasteiger partial charge in [-0.25, -0.2) is 4.79 Å². The highest BCUT2D eigenvalue weighted by Crippen LogP contribution is 2.35. The molecule has 2 aromatic rings. The van der Waals surface area contributed by atoms with Crippen LogP contribution in [-0.4, -0.2) is 11.1 Å².